The van der Waals surface area contributed by atoms with E-state index in [1.807, 2.05) is 9.97 Å². The van der Waals surface area contributed by atoms with Crippen molar-refractivity contribution in [1.82, 2.24) is 28.4 Å². The van der Waals surface area contributed by atoms with Crippen molar-refractivity contribution >= 4 is 15.6 Å². The Morgan fingerprint density at radius 1 is 0.787 bits per heavy atom. The number of nitrogens with zero attached hydrogens (tertiary/aromatic N) is 4. The maximum absolute atomic E-state index is 11.9. The summed E-state index contributed by atoms with van der Waals surface area (Å²) in [5, 5.41) is 39.6. The van der Waals surface area contributed by atoms with E-state index in [1.165, 1.54) is 6.20 Å². The molecule has 254 valence electrons. The van der Waals surface area contributed by atoms with Gasteiger partial charge in [0.15, 0.2) is 12.5 Å². The second-order valence-corrected chi connectivity index (χ2v) is 12.5. The minimum atomic E-state index is -4.76. The molecule has 3 aromatic heterocycles. The number of aliphatic hydroxyl groups is 4. The van der Waals surface area contributed by atoms with Crippen molar-refractivity contribution in [3.8, 4) is 0 Å². The molecule has 0 aromatic carbocycles. The van der Waals surface area contributed by atoms with Crippen LogP contribution in [0.3, 0.4) is 0 Å². The molecule has 2 aliphatic heterocycles. The zero-order valence-electron chi connectivity index (χ0n) is 23.9. The molecular formula is C21H27N6NaO17P2. The number of H-pyrrole nitrogens is 2. The molecule has 0 aliphatic carbocycles. The van der Waals surface area contributed by atoms with Crippen LogP contribution in [0.5, 0.6) is 0 Å². The Hall–Kier alpha value is -2.41. The summed E-state index contributed by atoms with van der Waals surface area (Å²) in [6.45, 7) is -1.27. The van der Waals surface area contributed by atoms with Crippen LogP contribution in [0.4, 0.5) is 0 Å². The summed E-state index contributed by atoms with van der Waals surface area (Å²) in [5.41, 5.74) is -3.00. The molecule has 0 saturated carbocycles. The third-order valence-corrected chi connectivity index (χ3v) is 8.27. The number of nitrogens with one attached hydrogen (secondary N) is 2. The molecule has 2 saturated heterocycles. The van der Waals surface area contributed by atoms with E-state index in [0.717, 1.165) is 50.5 Å². The smallest absolute Gasteiger partial charge is 0.761 e. The van der Waals surface area contributed by atoms with Gasteiger partial charge >= 0.3 is 48.8 Å². The number of hydrogen-bond donors (Lipinski definition) is 8. The molecule has 9 atom stereocenters. The summed E-state index contributed by atoms with van der Waals surface area (Å²) in [6, 6.07) is 2.06. The van der Waals surface area contributed by atoms with Gasteiger partial charge in [0.25, 0.3) is 11.1 Å². The van der Waals surface area contributed by atoms with Crippen LogP contribution < -0.4 is 56.9 Å². The molecule has 3 aromatic rings. The number of hydrogen-bond acceptors (Lipinski definition) is 16. The zero-order chi connectivity index (χ0) is 34.0. The Morgan fingerprint density at radius 3 is 1.62 bits per heavy atom. The van der Waals surface area contributed by atoms with Crippen LogP contribution >= 0.6 is 15.6 Å². The Kier molecular flexibility index (Phi) is 13.2. The normalized spacial score (nSPS) is 28.6. The van der Waals surface area contributed by atoms with Crippen molar-refractivity contribution in [1.29, 1.82) is 0 Å². The quantitative estimate of drug-likeness (QED) is 0.0751. The molecule has 0 amide bonds. The van der Waals surface area contributed by atoms with Gasteiger partial charge in [0.2, 0.25) is 7.75 Å². The fourth-order valence-corrected chi connectivity index (χ4v) is 5.47. The van der Waals surface area contributed by atoms with Crippen molar-refractivity contribution in [3.63, 3.8) is 0 Å². The molecule has 2 aliphatic rings. The minimum Gasteiger partial charge on any atom is -0.761 e. The van der Waals surface area contributed by atoms with Gasteiger partial charge in [-0.1, -0.05) is 0 Å². The fraction of sp³-hybridized carbons (Fsp3) is 0.476. The molecule has 0 spiro atoms. The molecule has 3 unspecified atom stereocenters. The largest absolute Gasteiger partial charge is 1.00 e. The van der Waals surface area contributed by atoms with E-state index in [1.54, 1.807) is 0 Å². The first-order chi connectivity index (χ1) is 21.5. The van der Waals surface area contributed by atoms with Gasteiger partial charge in [-0.15, -0.1) is 0 Å². The second kappa shape index (κ2) is 15.9. The van der Waals surface area contributed by atoms with E-state index >= 15 is 0 Å². The Balaban J connectivity index is 0.000000254. The van der Waals surface area contributed by atoms with Gasteiger partial charge in [0.05, 0.1) is 13.2 Å². The fourth-order valence-electron chi connectivity index (χ4n) is 4.25. The Labute approximate surface area is 282 Å². The Morgan fingerprint density at radius 2 is 1.23 bits per heavy atom. The van der Waals surface area contributed by atoms with E-state index in [-0.39, 0.29) is 29.6 Å². The summed E-state index contributed by atoms with van der Waals surface area (Å²) in [7, 11) is -9.25. The van der Waals surface area contributed by atoms with Crippen LogP contribution in [0.25, 0.3) is 0 Å². The second-order valence-electron chi connectivity index (χ2n) is 9.62. The van der Waals surface area contributed by atoms with Crippen molar-refractivity contribution in [2.24, 2.45) is 0 Å². The first-order valence-corrected chi connectivity index (χ1v) is 15.8. The van der Waals surface area contributed by atoms with Crippen molar-refractivity contribution in [3.05, 3.63) is 84.9 Å². The van der Waals surface area contributed by atoms with Crippen LogP contribution in [0.1, 0.15) is 12.5 Å². The SMILES string of the molecule is O=c1ccn([C@@H]2O[C@H](COP(=O)(O)O)[C@H](O)C2O)c(=O)[nH]1.O=c1ccn([C@@H]2O[C@H](COP(=O)([O-])n3ccnc3)[C@H](O)C2O)c(=O)[nH]1.[Na+]. The Bertz CT molecular complexity index is 1820. The van der Waals surface area contributed by atoms with Gasteiger partial charge in [-0.3, -0.25) is 42.1 Å². The first kappa shape index (κ1) is 39.0. The van der Waals surface area contributed by atoms with Crippen LogP contribution in [0.2, 0.25) is 0 Å². The van der Waals surface area contributed by atoms with Crippen LogP contribution in [-0.4, -0.2) is 108 Å². The van der Waals surface area contributed by atoms with E-state index < -0.39 is 100 Å². The number of imidazole rings is 1. The van der Waals surface area contributed by atoms with E-state index in [9.17, 15) is 53.6 Å². The summed E-state index contributed by atoms with van der Waals surface area (Å²) >= 11 is 0. The van der Waals surface area contributed by atoms with Crippen molar-refractivity contribution in [2.75, 3.05) is 13.2 Å². The third kappa shape index (κ3) is 9.61. The molecule has 23 nitrogen and oxygen atoms in total. The zero-order valence-corrected chi connectivity index (χ0v) is 27.7. The van der Waals surface area contributed by atoms with Crippen LogP contribution in [0.15, 0.2) is 62.4 Å². The van der Waals surface area contributed by atoms with Gasteiger partial charge in [0.1, 0.15) is 43.0 Å². The predicted octanol–water partition coefficient (Wildman–Crippen LogP) is -8.35. The van der Waals surface area contributed by atoms with Crippen molar-refractivity contribution in [2.45, 2.75) is 49.1 Å². The van der Waals surface area contributed by atoms with Crippen LogP contribution in [0, 0.1) is 0 Å². The first-order valence-electron chi connectivity index (χ1n) is 12.8. The summed E-state index contributed by atoms with van der Waals surface area (Å²) in [4.78, 5) is 82.0. The average molecular weight is 720 g/mol. The molecule has 5 heterocycles. The number of aromatic amines is 2. The van der Waals surface area contributed by atoms with Gasteiger partial charge in [-0.25, -0.2) is 19.1 Å². The molecular weight excluding hydrogens is 693 g/mol. The third-order valence-electron chi connectivity index (χ3n) is 6.51. The van der Waals surface area contributed by atoms with Gasteiger partial charge in [-0.2, -0.15) is 0 Å². The maximum Gasteiger partial charge on any atom is 1.00 e. The monoisotopic (exact) mass is 720 g/mol. The minimum absolute atomic E-state index is 0. The van der Waals surface area contributed by atoms with Gasteiger partial charge < -0.3 is 49.1 Å². The van der Waals surface area contributed by atoms with Gasteiger partial charge in [-0.05, 0) is 0 Å². The molecule has 0 radical (unpaired) electrons. The maximum atomic E-state index is 11.9. The molecule has 26 heteroatoms. The predicted molar refractivity (Wildman–Crippen MR) is 144 cm³/mol. The number of phosphoric ester groups is 1. The molecule has 0 bridgehead atoms. The number of aromatic nitrogens is 6. The molecule has 5 rings (SSSR count). The standard InChI is InChI=1S/C12H15N4O8P.C9H13N2O9P.Na/c17-8-1-3-16(12(20)14-8)11-10(19)9(18)7(24-11)5-23-25(21,22)15-4-2-13-6-15;12-5-1-2-11(9(15)10-5)8-7(14)6(13)4(20-8)3-19-21(16,17)18;/h1-4,6-7,9-11,18-19H,5H2,(H,21,22)(H,14,17,20);1-2,4,6-8,13-14H,3H2,(H,10,12,15)(H2,16,17,18);/q;;+1/p-1/t7-,9+,10?,11-;4-,6+,7?,8-;/m11./s1. The molecule has 2 fully saturated rings. The van der Waals surface area contributed by atoms with Crippen LogP contribution in [-0.2, 0) is 27.7 Å². The summed E-state index contributed by atoms with van der Waals surface area (Å²) < 4.78 is 44.5. The van der Waals surface area contributed by atoms with E-state index in [0.29, 0.717) is 0 Å². The van der Waals surface area contributed by atoms with Gasteiger partial charge in [0, 0.05) is 36.9 Å². The number of ether oxygens (including phenoxy) is 2. The molecule has 8 N–H and O–H groups in total. The topological polar surface area (TPSA) is 343 Å². The number of rotatable bonds is 9. The average Bonchev–Trinajstić information content (AvgIpc) is 3.68. The number of phosphoric acid groups is 1. The van der Waals surface area contributed by atoms with E-state index in [4.69, 9.17) is 23.8 Å². The molecule has 47 heavy (non-hydrogen) atoms. The van der Waals surface area contributed by atoms with E-state index in [2.05, 4.69) is 9.51 Å². The van der Waals surface area contributed by atoms with Crippen molar-refractivity contribution < 1.29 is 92.3 Å². The summed E-state index contributed by atoms with van der Waals surface area (Å²) in [5.74, 6) is 0. The number of aliphatic hydroxyl groups excluding tert-OH is 4. The summed E-state index contributed by atoms with van der Waals surface area (Å²) in [6.07, 6.45) is -5.63.